The summed E-state index contributed by atoms with van der Waals surface area (Å²) in [5, 5.41) is 166. The van der Waals surface area contributed by atoms with E-state index in [0.29, 0.717) is 0 Å². The average molecular weight is 1370 g/mol. The molecule has 0 bridgehead atoms. The summed E-state index contributed by atoms with van der Waals surface area (Å²) >= 11 is 3.69. The van der Waals surface area contributed by atoms with Crippen LogP contribution in [0.25, 0.3) is 0 Å². The van der Waals surface area contributed by atoms with Crippen molar-refractivity contribution < 1.29 is 166 Å². The smallest absolute Gasteiger partial charge is 0.321 e. The van der Waals surface area contributed by atoms with Crippen LogP contribution in [0.4, 0.5) is 45.9 Å². The van der Waals surface area contributed by atoms with Gasteiger partial charge in [-0.25, -0.2) is 45.9 Å². The van der Waals surface area contributed by atoms with Crippen molar-refractivity contribution in [3.63, 3.8) is 0 Å². The number of nitrogens with one attached hydrogen (secondary N) is 5. The van der Waals surface area contributed by atoms with E-state index < -0.39 is 215 Å². The molecule has 10 amide bonds. The number of nitrogens with zero attached hydrogens (tertiary/aromatic N) is 5. The fourth-order valence-corrected chi connectivity index (χ4v) is 11.0. The lowest BCUT2D eigenvalue weighted by Crippen LogP contribution is -2.61. The molecule has 10 fully saturated rings. The standard InChI is InChI=1S/2C10H15FN2O6.2C9H15FN2O6.C9H15FN2O5S/c2*11-10(4-15)7(17)5(3-14)19-8(10)13-2-1-6(16)12-9(13)18;2*10-9(17)6(15)4(3-13)18-7(9)12-2-1-5(14)11-8(12)16;10-9(18)6(15)4(3-13)17-7(9)12-2-1-5(14)11-8(12)16/h2*4-8,14,16-17H,1-3H2,(H,12,18);2*4-7,13-15,17H,1-3H2,(H,11,16);4-7,13-15,18H,1-3H2,(H,11,16)/t5-,6?,7-,8-,10+;5-,6?,7-,8-,10-;4-,5?,6-,7-,9+;2*4-,5?,6-,7-,9-/m11111/s1. The number of amides is 10. The van der Waals surface area contributed by atoms with Gasteiger partial charge in [0.05, 0.1) is 33.0 Å². The fraction of sp³-hybridized carbons (Fsp3) is 0.851. The number of thiol groups is 1. The Kier molecular flexibility index (Phi) is 25.3. The third kappa shape index (κ3) is 15.5. The molecule has 92 heavy (non-hydrogen) atoms. The third-order valence-electron chi connectivity index (χ3n) is 15.9. The average Bonchev–Trinajstić information content (AvgIpc) is 1.69. The van der Waals surface area contributed by atoms with Gasteiger partial charge in [-0.3, -0.25) is 34.1 Å². The summed E-state index contributed by atoms with van der Waals surface area (Å²) < 4.78 is 96.2. The molecule has 0 radical (unpaired) electrons. The second-order valence-corrected chi connectivity index (χ2v) is 22.8. The number of aliphatic hydroxyl groups is 17. The van der Waals surface area contributed by atoms with Crippen LogP contribution in [0, 0.1) is 0 Å². The highest BCUT2D eigenvalue weighted by molar-refractivity contribution is 7.81. The zero-order valence-corrected chi connectivity index (χ0v) is 48.8. The van der Waals surface area contributed by atoms with Crippen molar-refractivity contribution >= 4 is 55.4 Å². The molecule has 10 rings (SSSR count). The molecule has 10 aliphatic rings. The number of carbonyl (C=O) groups excluding carboxylic acids is 7. The maximum Gasteiger partial charge on any atom is 0.321 e. The maximum atomic E-state index is 14.5. The summed E-state index contributed by atoms with van der Waals surface area (Å²) in [7, 11) is 0. The Morgan fingerprint density at radius 3 is 0.804 bits per heavy atom. The molecule has 0 aromatic carbocycles. The molecule has 0 spiro atoms. The normalized spacial score (nSPS) is 44.3. The first-order valence-corrected chi connectivity index (χ1v) is 28.5. The molecule has 0 aromatic heterocycles. The molecule has 10 heterocycles. The predicted octanol–water partition coefficient (Wildman–Crippen LogP) is -11.3. The minimum Gasteiger partial charge on any atom is -0.394 e. The summed E-state index contributed by atoms with van der Waals surface area (Å²) in [6, 6.07) is -3.96. The molecule has 0 aliphatic carbocycles. The van der Waals surface area contributed by atoms with Crippen molar-refractivity contribution in [2.75, 3.05) is 65.8 Å². The van der Waals surface area contributed by atoms with Gasteiger partial charge in [0.1, 0.15) is 92.2 Å². The molecule has 22 N–H and O–H groups in total. The molecule has 528 valence electrons. The number of aliphatic hydroxyl groups excluding tert-OH is 15. The van der Waals surface area contributed by atoms with Crippen LogP contribution in [0.15, 0.2) is 0 Å². The van der Waals surface area contributed by atoms with E-state index in [1.165, 1.54) is 0 Å². The van der Waals surface area contributed by atoms with Gasteiger partial charge in [0, 0.05) is 64.8 Å². The van der Waals surface area contributed by atoms with Gasteiger partial charge in [-0.1, -0.05) is 0 Å². The van der Waals surface area contributed by atoms with E-state index in [4.69, 9.17) is 49.2 Å². The summed E-state index contributed by atoms with van der Waals surface area (Å²) in [5.74, 6) is -6.35. The Labute approximate surface area is 520 Å². The van der Waals surface area contributed by atoms with Crippen LogP contribution in [0.1, 0.15) is 32.1 Å². The maximum absolute atomic E-state index is 14.5. The highest BCUT2D eigenvalue weighted by atomic mass is 32.1. The van der Waals surface area contributed by atoms with Crippen LogP contribution in [0.2, 0.25) is 0 Å². The van der Waals surface area contributed by atoms with Gasteiger partial charge in [-0.2, -0.15) is 0 Å². The number of aldehydes is 2. The lowest BCUT2D eigenvalue weighted by molar-refractivity contribution is -0.207. The second kappa shape index (κ2) is 30.7. The summed E-state index contributed by atoms with van der Waals surface area (Å²) in [6.45, 7) is -3.45. The molecule has 45 heteroatoms. The van der Waals surface area contributed by atoms with Crippen molar-refractivity contribution in [1.29, 1.82) is 0 Å². The van der Waals surface area contributed by atoms with Gasteiger partial charge >= 0.3 is 30.2 Å². The SMILES string of the molecule is O=C1NC(O)CCN1[C@@H]1O[C@H](CO)[C@@H](O)[C@@]1(F)S.O=C1NC(O)CCN1[C@@H]1O[C@H](CO)[C@@H](O)[C@@]1(O)F.O=C1NC(O)CCN1[C@@H]1O[C@H](CO)[C@@H](O)[C@]1(O)F.O=C[C@@]1(F)[C@H](O)[C@@H](CO)O[C@H]1N1CCC(O)NC1=O.O=C[C@]1(F)[C@H](O)[C@@H](CO)O[C@H]1N1CCC(O)NC1=O. The molecule has 10 aliphatic heterocycles. The Morgan fingerprint density at radius 1 is 0.380 bits per heavy atom. The van der Waals surface area contributed by atoms with Gasteiger partial charge in [0.2, 0.25) is 16.3 Å². The molecule has 0 saturated carbocycles. The van der Waals surface area contributed by atoms with Crippen LogP contribution in [-0.4, -0.2) is 371 Å². The van der Waals surface area contributed by atoms with Crippen LogP contribution >= 0.6 is 12.6 Å². The Balaban J connectivity index is 0.000000183. The van der Waals surface area contributed by atoms with Crippen LogP contribution in [0.3, 0.4) is 0 Å². The largest absolute Gasteiger partial charge is 0.394 e. The van der Waals surface area contributed by atoms with E-state index >= 15 is 0 Å². The second-order valence-electron chi connectivity index (χ2n) is 22.1. The number of rotatable bonds is 12. The van der Waals surface area contributed by atoms with Crippen molar-refractivity contribution in [3.05, 3.63) is 0 Å². The Hall–Kier alpha value is -5.19. The molecule has 5 unspecified atom stereocenters. The molecular formula is C47H75F5N10O29S. The quantitative estimate of drug-likeness (QED) is 0.0490. The number of hydrogen-bond donors (Lipinski definition) is 23. The van der Waals surface area contributed by atoms with Gasteiger partial charge in [0.15, 0.2) is 43.7 Å². The highest BCUT2D eigenvalue weighted by Gasteiger charge is 2.65. The topological polar surface area (TPSA) is 586 Å². The Morgan fingerprint density at radius 2 is 0.587 bits per heavy atom. The zero-order chi connectivity index (χ0) is 68.9. The lowest BCUT2D eigenvalue weighted by atomic mass is 9.97. The van der Waals surface area contributed by atoms with E-state index in [-0.39, 0.29) is 77.4 Å². The van der Waals surface area contributed by atoms with Crippen molar-refractivity contribution in [2.24, 2.45) is 0 Å². The van der Waals surface area contributed by atoms with E-state index in [9.17, 15) is 117 Å². The third-order valence-corrected chi connectivity index (χ3v) is 16.4. The van der Waals surface area contributed by atoms with E-state index in [1.54, 1.807) is 0 Å². The first-order valence-electron chi connectivity index (χ1n) is 28.0. The van der Waals surface area contributed by atoms with Crippen molar-refractivity contribution in [3.8, 4) is 0 Å². The van der Waals surface area contributed by atoms with Gasteiger partial charge in [-0.05, 0) is 0 Å². The van der Waals surface area contributed by atoms with Crippen LogP contribution in [-0.2, 0) is 33.3 Å². The monoisotopic (exact) mass is 1370 g/mol. The van der Waals surface area contributed by atoms with Gasteiger partial charge < -0.3 is 137 Å². The number of carbonyl (C=O) groups is 7. The Bertz CT molecular complexity index is 2340. The van der Waals surface area contributed by atoms with Gasteiger partial charge in [-0.15, -0.1) is 12.6 Å². The summed E-state index contributed by atoms with van der Waals surface area (Å²) in [5.41, 5.74) is -5.62. The molecule has 10 saturated heterocycles. The number of urea groups is 5. The fourth-order valence-electron chi connectivity index (χ4n) is 10.7. The van der Waals surface area contributed by atoms with Crippen LogP contribution < -0.4 is 26.6 Å². The predicted molar refractivity (Wildman–Crippen MR) is 283 cm³/mol. The zero-order valence-electron chi connectivity index (χ0n) is 47.9. The van der Waals surface area contributed by atoms with Crippen molar-refractivity contribution in [1.82, 2.24) is 51.1 Å². The molecule has 25 atom stereocenters. The molecular weight excluding hydrogens is 1300 g/mol. The summed E-state index contributed by atoms with van der Waals surface area (Å²) in [4.78, 5) is 84.2. The number of ether oxygens (including phenoxy) is 5. The number of hydrogen-bond acceptors (Lipinski definition) is 30. The number of alkyl halides is 5. The molecule has 39 nitrogen and oxygen atoms in total. The highest BCUT2D eigenvalue weighted by Crippen LogP contribution is 2.42. The van der Waals surface area contributed by atoms with E-state index in [2.05, 4.69) is 39.2 Å². The summed E-state index contributed by atoms with van der Waals surface area (Å²) in [6.07, 6.45) is -28.5. The van der Waals surface area contributed by atoms with Crippen LogP contribution in [0.5, 0.6) is 0 Å². The van der Waals surface area contributed by atoms with Gasteiger partial charge in [0.25, 0.3) is 11.7 Å². The molecule has 0 aromatic rings. The minimum absolute atomic E-state index is 0.0396. The first kappa shape index (κ1) is 75.8. The van der Waals surface area contributed by atoms with Crippen molar-refractivity contribution in [2.45, 2.75) is 183 Å². The first-order chi connectivity index (χ1) is 43.0. The minimum atomic E-state index is -3.17. The van der Waals surface area contributed by atoms with E-state index in [1.807, 2.05) is 0 Å². The van der Waals surface area contributed by atoms with E-state index in [0.717, 1.165) is 24.5 Å². The number of halogens is 5. The lowest BCUT2D eigenvalue weighted by Gasteiger charge is -2.37.